The third kappa shape index (κ3) is 4.45. The maximum Gasteiger partial charge on any atom is 0.338 e. The van der Waals surface area contributed by atoms with Crippen molar-refractivity contribution in [3.05, 3.63) is 60.2 Å². The maximum atomic E-state index is 12.4. The average molecular weight is 407 g/mol. The second-order valence-corrected chi connectivity index (χ2v) is 7.48. The van der Waals surface area contributed by atoms with Crippen LogP contribution in [-0.4, -0.2) is 62.0 Å². The number of amides is 2. The molecule has 2 fully saturated rings. The van der Waals surface area contributed by atoms with E-state index in [0.717, 1.165) is 30.9 Å². The molecule has 2 amide bonds. The highest BCUT2D eigenvalue weighted by atomic mass is 16.5. The molecule has 0 N–H and O–H groups in total. The first-order valence-corrected chi connectivity index (χ1v) is 10.3. The first-order valence-electron chi connectivity index (χ1n) is 10.3. The molecule has 2 heterocycles. The molecule has 7 nitrogen and oxygen atoms in total. The smallest absolute Gasteiger partial charge is 0.338 e. The van der Waals surface area contributed by atoms with E-state index in [-0.39, 0.29) is 18.4 Å². The van der Waals surface area contributed by atoms with Gasteiger partial charge in [-0.25, -0.2) is 4.79 Å². The molecule has 0 aliphatic carbocycles. The van der Waals surface area contributed by atoms with Gasteiger partial charge in [-0.3, -0.25) is 9.59 Å². The van der Waals surface area contributed by atoms with E-state index in [9.17, 15) is 14.4 Å². The Balaban J connectivity index is 1.25. The number of benzene rings is 2. The zero-order valence-electron chi connectivity index (χ0n) is 16.8. The minimum absolute atomic E-state index is 0.100. The molecular weight excluding hydrogens is 382 g/mol. The van der Waals surface area contributed by atoms with Gasteiger partial charge in [-0.1, -0.05) is 18.2 Å². The Hall–Kier alpha value is -3.35. The van der Waals surface area contributed by atoms with Crippen LogP contribution >= 0.6 is 0 Å². The number of ether oxygens (including phenoxy) is 1. The van der Waals surface area contributed by atoms with Crippen molar-refractivity contribution < 1.29 is 19.1 Å². The van der Waals surface area contributed by atoms with E-state index in [1.807, 2.05) is 18.2 Å². The van der Waals surface area contributed by atoms with Crippen LogP contribution in [0.15, 0.2) is 54.6 Å². The summed E-state index contributed by atoms with van der Waals surface area (Å²) in [4.78, 5) is 42.2. The topological polar surface area (TPSA) is 70.2 Å². The van der Waals surface area contributed by atoms with Gasteiger partial charge in [0.15, 0.2) is 6.61 Å². The molecule has 0 spiro atoms. The summed E-state index contributed by atoms with van der Waals surface area (Å²) in [5.74, 6) is -0.621. The molecule has 7 heteroatoms. The molecule has 0 saturated carbocycles. The van der Waals surface area contributed by atoms with Crippen LogP contribution in [0.25, 0.3) is 0 Å². The van der Waals surface area contributed by atoms with Crippen molar-refractivity contribution in [3.63, 3.8) is 0 Å². The Morgan fingerprint density at radius 3 is 2.17 bits per heavy atom. The molecule has 0 radical (unpaired) electrons. The number of rotatable bonds is 5. The third-order valence-corrected chi connectivity index (χ3v) is 5.57. The van der Waals surface area contributed by atoms with Crippen LogP contribution in [0.5, 0.6) is 0 Å². The van der Waals surface area contributed by atoms with Gasteiger partial charge in [0.05, 0.1) is 5.56 Å². The molecule has 2 aromatic carbocycles. The Kier molecular flexibility index (Phi) is 5.97. The summed E-state index contributed by atoms with van der Waals surface area (Å²) in [5, 5.41) is 0. The number of carbonyl (C=O) groups is 3. The van der Waals surface area contributed by atoms with E-state index in [1.54, 1.807) is 34.1 Å². The number of esters is 1. The van der Waals surface area contributed by atoms with Crippen molar-refractivity contribution in [3.8, 4) is 0 Å². The summed E-state index contributed by atoms with van der Waals surface area (Å²) in [6.07, 6.45) is 1.41. The van der Waals surface area contributed by atoms with Gasteiger partial charge in [0, 0.05) is 50.5 Å². The summed E-state index contributed by atoms with van der Waals surface area (Å²) in [6.45, 7) is 3.14. The van der Waals surface area contributed by atoms with Crippen LogP contribution in [0, 0.1) is 0 Å². The molecule has 30 heavy (non-hydrogen) atoms. The van der Waals surface area contributed by atoms with E-state index in [4.69, 9.17) is 4.74 Å². The van der Waals surface area contributed by atoms with Gasteiger partial charge in [0.25, 0.3) is 5.91 Å². The van der Waals surface area contributed by atoms with Crippen molar-refractivity contribution in [1.82, 2.24) is 4.90 Å². The molecular formula is C23H25N3O4. The van der Waals surface area contributed by atoms with E-state index >= 15 is 0 Å². The van der Waals surface area contributed by atoms with Crippen molar-refractivity contribution in [1.29, 1.82) is 0 Å². The fourth-order valence-electron chi connectivity index (χ4n) is 3.85. The number of para-hydroxylation sites is 1. The predicted molar refractivity (Wildman–Crippen MR) is 114 cm³/mol. The third-order valence-electron chi connectivity index (χ3n) is 5.57. The highest BCUT2D eigenvalue weighted by Crippen LogP contribution is 2.22. The van der Waals surface area contributed by atoms with Gasteiger partial charge in [0.1, 0.15) is 0 Å². The minimum atomic E-state index is -0.537. The number of hydrogen-bond donors (Lipinski definition) is 0. The molecule has 0 bridgehead atoms. The van der Waals surface area contributed by atoms with Crippen LogP contribution in [-0.2, 0) is 14.3 Å². The molecule has 2 aliphatic rings. The SMILES string of the molecule is O=C(OCC(=O)N1CCN(c2ccccc2)CC1)c1ccc(N2CCCC2=O)cc1. The largest absolute Gasteiger partial charge is 0.452 e. The first kappa shape index (κ1) is 19.9. The van der Waals surface area contributed by atoms with Gasteiger partial charge in [-0.05, 0) is 42.8 Å². The number of hydrogen-bond acceptors (Lipinski definition) is 5. The standard InChI is InChI=1S/C23H25N3O4/c27-21-7-4-12-26(21)20-10-8-18(9-11-20)23(29)30-17-22(28)25-15-13-24(14-16-25)19-5-2-1-3-6-19/h1-3,5-6,8-11H,4,7,12-17H2. The Morgan fingerprint density at radius 1 is 0.833 bits per heavy atom. The summed E-state index contributed by atoms with van der Waals surface area (Å²) >= 11 is 0. The van der Waals surface area contributed by atoms with E-state index in [0.29, 0.717) is 31.6 Å². The fourth-order valence-corrected chi connectivity index (χ4v) is 3.85. The second-order valence-electron chi connectivity index (χ2n) is 7.48. The summed E-state index contributed by atoms with van der Waals surface area (Å²) in [7, 11) is 0. The van der Waals surface area contributed by atoms with Crippen LogP contribution < -0.4 is 9.80 Å². The molecule has 0 unspecified atom stereocenters. The van der Waals surface area contributed by atoms with Crippen molar-refractivity contribution in [2.45, 2.75) is 12.8 Å². The number of nitrogens with zero attached hydrogens (tertiary/aromatic N) is 3. The van der Waals surface area contributed by atoms with Crippen molar-refractivity contribution in [2.24, 2.45) is 0 Å². The molecule has 0 atom stereocenters. The van der Waals surface area contributed by atoms with Crippen LogP contribution in [0.1, 0.15) is 23.2 Å². The monoisotopic (exact) mass is 407 g/mol. The molecule has 156 valence electrons. The molecule has 0 aromatic heterocycles. The molecule has 4 rings (SSSR count). The van der Waals surface area contributed by atoms with E-state index < -0.39 is 5.97 Å². The molecule has 2 aliphatic heterocycles. The maximum absolute atomic E-state index is 12.4. The zero-order valence-corrected chi connectivity index (χ0v) is 16.8. The first-order chi connectivity index (χ1) is 14.6. The van der Waals surface area contributed by atoms with Crippen LogP contribution in [0.3, 0.4) is 0 Å². The lowest BCUT2D eigenvalue weighted by Gasteiger charge is -2.36. The highest BCUT2D eigenvalue weighted by Gasteiger charge is 2.23. The molecule has 2 saturated heterocycles. The summed E-state index contributed by atoms with van der Waals surface area (Å²) in [6, 6.07) is 16.8. The van der Waals surface area contributed by atoms with Gasteiger partial charge < -0.3 is 19.4 Å². The van der Waals surface area contributed by atoms with Crippen molar-refractivity contribution in [2.75, 3.05) is 49.1 Å². The average Bonchev–Trinajstić information content (AvgIpc) is 3.24. The second kappa shape index (κ2) is 8.98. The lowest BCUT2D eigenvalue weighted by molar-refractivity contribution is -0.134. The zero-order chi connectivity index (χ0) is 20.9. The fraction of sp³-hybridized carbons (Fsp3) is 0.348. The van der Waals surface area contributed by atoms with Gasteiger partial charge in [-0.2, -0.15) is 0 Å². The molecule has 2 aromatic rings. The van der Waals surface area contributed by atoms with Crippen LogP contribution in [0.4, 0.5) is 11.4 Å². The van der Waals surface area contributed by atoms with Crippen molar-refractivity contribution >= 4 is 29.2 Å². The van der Waals surface area contributed by atoms with Gasteiger partial charge >= 0.3 is 5.97 Å². The predicted octanol–water partition coefficient (Wildman–Crippen LogP) is 2.32. The Bertz CT molecular complexity index is 906. The summed E-state index contributed by atoms with van der Waals surface area (Å²) in [5.41, 5.74) is 2.30. The lowest BCUT2D eigenvalue weighted by Crippen LogP contribution is -2.49. The number of piperazine rings is 1. The van der Waals surface area contributed by atoms with E-state index in [2.05, 4.69) is 17.0 Å². The quantitative estimate of drug-likeness (QED) is 0.712. The van der Waals surface area contributed by atoms with Gasteiger partial charge in [0.2, 0.25) is 5.91 Å². The Labute approximate surface area is 175 Å². The summed E-state index contributed by atoms with van der Waals surface area (Å²) < 4.78 is 5.22. The Morgan fingerprint density at radius 2 is 1.53 bits per heavy atom. The van der Waals surface area contributed by atoms with Crippen LogP contribution in [0.2, 0.25) is 0 Å². The number of anilines is 2. The normalized spacial score (nSPS) is 16.7. The highest BCUT2D eigenvalue weighted by molar-refractivity contribution is 5.96. The van der Waals surface area contributed by atoms with Gasteiger partial charge in [-0.15, -0.1) is 0 Å². The number of carbonyl (C=O) groups excluding carboxylic acids is 3. The van der Waals surface area contributed by atoms with E-state index in [1.165, 1.54) is 0 Å². The minimum Gasteiger partial charge on any atom is -0.452 e. The lowest BCUT2D eigenvalue weighted by atomic mass is 10.2.